The molecule has 3 heterocycles. The van der Waals surface area contributed by atoms with E-state index in [0.717, 1.165) is 0 Å². The van der Waals surface area contributed by atoms with Gasteiger partial charge in [0.25, 0.3) is 5.89 Å². The second-order valence-corrected chi connectivity index (χ2v) is 4.90. The van der Waals surface area contributed by atoms with Crippen molar-refractivity contribution < 1.29 is 18.7 Å². The molecule has 1 saturated heterocycles. The second-order valence-electron chi connectivity index (χ2n) is 4.90. The summed E-state index contributed by atoms with van der Waals surface area (Å²) in [5.74, 6) is 0.234. The van der Waals surface area contributed by atoms with Crippen LogP contribution in [0.15, 0.2) is 27.2 Å². The van der Waals surface area contributed by atoms with Crippen LogP contribution >= 0.6 is 0 Å². The molecule has 2 aromatic heterocycles. The molecule has 0 aliphatic carbocycles. The molecule has 2 aromatic rings. The Labute approximate surface area is 114 Å². The summed E-state index contributed by atoms with van der Waals surface area (Å²) in [6.07, 6.45) is 1.93. The minimum Gasteiger partial charge on any atom is -0.480 e. The Morgan fingerprint density at radius 3 is 3.05 bits per heavy atom. The highest BCUT2D eigenvalue weighted by molar-refractivity contribution is 5.79. The number of aliphatic carboxylic acids is 1. The lowest BCUT2D eigenvalue weighted by atomic mass is 10.0. The average molecular weight is 278 g/mol. The molecular formula is C12H14N4O4. The molecule has 0 aromatic carbocycles. The smallest absolute Gasteiger partial charge is 0.325 e. The van der Waals surface area contributed by atoms with Crippen LogP contribution in [0.4, 0.5) is 0 Å². The van der Waals surface area contributed by atoms with Gasteiger partial charge in [-0.3, -0.25) is 9.69 Å². The summed E-state index contributed by atoms with van der Waals surface area (Å²) in [7, 11) is 0. The van der Waals surface area contributed by atoms with Crippen LogP contribution in [-0.4, -0.2) is 44.8 Å². The number of carboxylic acid groups (broad SMARTS) is 1. The quantitative estimate of drug-likeness (QED) is 0.820. The summed E-state index contributed by atoms with van der Waals surface area (Å²) in [5, 5.41) is 16.9. The van der Waals surface area contributed by atoms with Gasteiger partial charge in [-0.15, -0.1) is 10.2 Å². The number of likely N-dealkylation sites (tertiary alicyclic amines) is 1. The Hall–Kier alpha value is -2.19. The SMILES string of the molecule is NC1(C(=O)O)CCN(Cc2nnc(-c3ccco3)o2)C1. The van der Waals surface area contributed by atoms with Crippen molar-refractivity contribution in [2.24, 2.45) is 5.73 Å². The topological polar surface area (TPSA) is 119 Å². The summed E-state index contributed by atoms with van der Waals surface area (Å²) in [5.41, 5.74) is 4.61. The van der Waals surface area contributed by atoms with E-state index in [0.29, 0.717) is 37.1 Å². The van der Waals surface area contributed by atoms with E-state index in [2.05, 4.69) is 10.2 Å². The van der Waals surface area contributed by atoms with Crippen molar-refractivity contribution in [3.8, 4) is 11.7 Å². The van der Waals surface area contributed by atoms with Gasteiger partial charge in [-0.1, -0.05) is 0 Å². The standard InChI is InChI=1S/C12H14N4O4/c13-12(11(17)18)3-4-16(7-12)6-9-14-15-10(20-9)8-2-1-5-19-8/h1-2,5H,3-4,6-7,13H2,(H,17,18). The zero-order valence-electron chi connectivity index (χ0n) is 10.7. The Morgan fingerprint density at radius 2 is 2.40 bits per heavy atom. The molecule has 3 N–H and O–H groups in total. The van der Waals surface area contributed by atoms with Gasteiger partial charge in [0, 0.05) is 13.1 Å². The minimum atomic E-state index is -1.19. The van der Waals surface area contributed by atoms with Crippen molar-refractivity contribution in [2.45, 2.75) is 18.5 Å². The number of nitrogens with zero attached hydrogens (tertiary/aromatic N) is 3. The number of carbonyl (C=O) groups is 1. The molecule has 0 saturated carbocycles. The summed E-state index contributed by atoms with van der Waals surface area (Å²) in [4.78, 5) is 12.9. The molecule has 106 valence electrons. The van der Waals surface area contributed by atoms with Gasteiger partial charge in [-0.25, -0.2) is 0 Å². The Bertz CT molecular complexity index is 609. The van der Waals surface area contributed by atoms with Gasteiger partial charge in [0.1, 0.15) is 5.54 Å². The van der Waals surface area contributed by atoms with E-state index < -0.39 is 11.5 Å². The van der Waals surface area contributed by atoms with Crippen molar-refractivity contribution in [3.05, 3.63) is 24.3 Å². The van der Waals surface area contributed by atoms with Gasteiger partial charge < -0.3 is 19.7 Å². The van der Waals surface area contributed by atoms with Crippen LogP contribution in [0.1, 0.15) is 12.3 Å². The first-order valence-corrected chi connectivity index (χ1v) is 6.18. The highest BCUT2D eigenvalue weighted by atomic mass is 16.4. The van der Waals surface area contributed by atoms with Crippen molar-refractivity contribution in [1.82, 2.24) is 15.1 Å². The third-order valence-electron chi connectivity index (χ3n) is 3.36. The number of rotatable bonds is 4. The number of hydrogen-bond donors (Lipinski definition) is 2. The Morgan fingerprint density at radius 1 is 1.55 bits per heavy atom. The van der Waals surface area contributed by atoms with Gasteiger partial charge in [0.15, 0.2) is 5.76 Å². The highest BCUT2D eigenvalue weighted by Crippen LogP contribution is 2.22. The largest absolute Gasteiger partial charge is 0.480 e. The number of carboxylic acids is 1. The van der Waals surface area contributed by atoms with E-state index >= 15 is 0 Å². The first kappa shape index (κ1) is 12.8. The lowest BCUT2D eigenvalue weighted by Crippen LogP contribution is -2.50. The molecular weight excluding hydrogens is 264 g/mol. The van der Waals surface area contributed by atoms with Gasteiger partial charge in [0.2, 0.25) is 5.89 Å². The molecule has 1 aliphatic heterocycles. The average Bonchev–Trinajstić information content (AvgIpc) is 3.10. The second kappa shape index (κ2) is 4.73. The monoisotopic (exact) mass is 278 g/mol. The van der Waals surface area contributed by atoms with Crippen LogP contribution in [0.25, 0.3) is 11.7 Å². The van der Waals surface area contributed by atoms with Crippen molar-refractivity contribution in [2.75, 3.05) is 13.1 Å². The van der Waals surface area contributed by atoms with Crippen molar-refractivity contribution in [1.29, 1.82) is 0 Å². The minimum absolute atomic E-state index is 0.265. The third kappa shape index (κ3) is 2.30. The van der Waals surface area contributed by atoms with Crippen LogP contribution in [0.5, 0.6) is 0 Å². The molecule has 0 amide bonds. The van der Waals surface area contributed by atoms with Crippen LogP contribution in [-0.2, 0) is 11.3 Å². The molecule has 0 spiro atoms. The molecule has 8 heteroatoms. The van der Waals surface area contributed by atoms with E-state index in [1.807, 2.05) is 4.90 Å². The maximum absolute atomic E-state index is 11.1. The predicted molar refractivity (Wildman–Crippen MR) is 66.4 cm³/mol. The molecule has 8 nitrogen and oxygen atoms in total. The normalized spacial score (nSPS) is 23.2. The van der Waals surface area contributed by atoms with Crippen LogP contribution < -0.4 is 5.73 Å². The Balaban J connectivity index is 1.66. The predicted octanol–water partition coefficient (Wildman–Crippen LogP) is 0.317. The molecule has 1 atom stereocenters. The van der Waals surface area contributed by atoms with Crippen molar-refractivity contribution >= 4 is 5.97 Å². The van der Waals surface area contributed by atoms with Crippen LogP contribution in [0.2, 0.25) is 0 Å². The van der Waals surface area contributed by atoms with Gasteiger partial charge in [-0.05, 0) is 18.6 Å². The van der Waals surface area contributed by atoms with Gasteiger partial charge >= 0.3 is 5.97 Å². The molecule has 0 bridgehead atoms. The summed E-state index contributed by atoms with van der Waals surface area (Å²) in [6, 6.07) is 3.46. The zero-order chi connectivity index (χ0) is 14.2. The van der Waals surface area contributed by atoms with E-state index in [1.165, 1.54) is 6.26 Å². The van der Waals surface area contributed by atoms with Crippen LogP contribution in [0, 0.1) is 0 Å². The molecule has 0 radical (unpaired) electrons. The summed E-state index contributed by atoms with van der Waals surface area (Å²) in [6.45, 7) is 1.22. The first-order valence-electron chi connectivity index (χ1n) is 6.18. The lowest BCUT2D eigenvalue weighted by molar-refractivity contribution is -0.142. The van der Waals surface area contributed by atoms with E-state index in [9.17, 15) is 4.79 Å². The fraction of sp³-hybridized carbons (Fsp3) is 0.417. The maximum atomic E-state index is 11.1. The summed E-state index contributed by atoms with van der Waals surface area (Å²) < 4.78 is 10.6. The Kier molecular flexibility index (Phi) is 3.03. The molecule has 20 heavy (non-hydrogen) atoms. The van der Waals surface area contributed by atoms with Gasteiger partial charge in [0.05, 0.1) is 12.8 Å². The third-order valence-corrected chi connectivity index (χ3v) is 3.36. The molecule has 1 aliphatic rings. The number of nitrogens with two attached hydrogens (primary N) is 1. The number of furan rings is 1. The van der Waals surface area contributed by atoms with E-state index in [1.54, 1.807) is 12.1 Å². The van der Waals surface area contributed by atoms with E-state index in [-0.39, 0.29) is 6.54 Å². The lowest BCUT2D eigenvalue weighted by Gasteiger charge is -2.18. The van der Waals surface area contributed by atoms with E-state index in [4.69, 9.17) is 19.7 Å². The summed E-state index contributed by atoms with van der Waals surface area (Å²) >= 11 is 0. The molecule has 1 unspecified atom stereocenters. The maximum Gasteiger partial charge on any atom is 0.325 e. The zero-order valence-corrected chi connectivity index (χ0v) is 10.7. The van der Waals surface area contributed by atoms with Gasteiger partial charge in [-0.2, -0.15) is 0 Å². The first-order chi connectivity index (χ1) is 9.57. The number of aromatic nitrogens is 2. The number of hydrogen-bond acceptors (Lipinski definition) is 7. The van der Waals surface area contributed by atoms with Crippen molar-refractivity contribution in [3.63, 3.8) is 0 Å². The fourth-order valence-corrected chi connectivity index (χ4v) is 2.23. The fourth-order valence-electron chi connectivity index (χ4n) is 2.23. The molecule has 1 fully saturated rings. The highest BCUT2D eigenvalue weighted by Gasteiger charge is 2.41. The molecule has 3 rings (SSSR count). The van der Waals surface area contributed by atoms with Crippen LogP contribution in [0.3, 0.4) is 0 Å².